The molecule has 1 aliphatic rings. The van der Waals surface area contributed by atoms with E-state index in [1.165, 1.54) is 18.2 Å². The van der Waals surface area contributed by atoms with Gasteiger partial charge in [-0.05, 0) is 35.7 Å². The number of nitrogens with zero attached hydrogens (tertiary/aromatic N) is 1. The Kier molecular flexibility index (Phi) is 5.34. The highest BCUT2D eigenvalue weighted by Crippen LogP contribution is 2.34. The van der Waals surface area contributed by atoms with Crippen LogP contribution in [0.2, 0.25) is 0 Å². The van der Waals surface area contributed by atoms with E-state index in [-0.39, 0.29) is 18.2 Å². The Morgan fingerprint density at radius 2 is 2.12 bits per heavy atom. The molecule has 1 N–H and O–H groups in total. The number of benzene rings is 2. The Bertz CT molecular complexity index is 749. The number of hydrogen-bond donors (Lipinski definition) is 1. The summed E-state index contributed by atoms with van der Waals surface area (Å²) in [4.78, 5) is 14.2. The monoisotopic (exact) mass is 343 g/mol. The summed E-state index contributed by atoms with van der Waals surface area (Å²) in [6.45, 7) is 1.26. The van der Waals surface area contributed by atoms with E-state index in [1.54, 1.807) is 18.1 Å². The van der Waals surface area contributed by atoms with Gasteiger partial charge in [0.2, 0.25) is 5.91 Å². The molecular formula is C20H22FNO3. The van der Waals surface area contributed by atoms with Crippen molar-refractivity contribution in [2.45, 2.75) is 24.9 Å². The van der Waals surface area contributed by atoms with Crippen LogP contribution in [-0.4, -0.2) is 36.1 Å². The lowest BCUT2D eigenvalue weighted by Gasteiger charge is -2.20. The van der Waals surface area contributed by atoms with Gasteiger partial charge in [-0.1, -0.05) is 30.3 Å². The molecule has 1 aliphatic heterocycles. The van der Waals surface area contributed by atoms with Crippen molar-refractivity contribution >= 4 is 5.91 Å². The highest BCUT2D eigenvalue weighted by molar-refractivity contribution is 5.77. The van der Waals surface area contributed by atoms with Gasteiger partial charge in [0, 0.05) is 19.0 Å². The van der Waals surface area contributed by atoms with Crippen LogP contribution >= 0.6 is 0 Å². The van der Waals surface area contributed by atoms with Gasteiger partial charge < -0.3 is 14.7 Å². The third-order valence-corrected chi connectivity index (χ3v) is 4.72. The number of carbonyl (C=O) groups excluding carboxylic acids is 1. The number of para-hydroxylation sites is 1. The molecule has 0 aromatic heterocycles. The summed E-state index contributed by atoms with van der Waals surface area (Å²) in [5.41, 5.74) is 1.53. The summed E-state index contributed by atoms with van der Waals surface area (Å²) >= 11 is 0. The van der Waals surface area contributed by atoms with Crippen molar-refractivity contribution in [3.8, 4) is 5.75 Å². The van der Waals surface area contributed by atoms with Crippen molar-refractivity contribution in [3.63, 3.8) is 0 Å². The molecule has 3 rings (SSSR count). The summed E-state index contributed by atoms with van der Waals surface area (Å²) in [6.07, 6.45) is -0.168. The zero-order chi connectivity index (χ0) is 17.8. The molecule has 0 radical (unpaired) electrons. The van der Waals surface area contributed by atoms with E-state index < -0.39 is 11.9 Å². The van der Waals surface area contributed by atoms with Crippen molar-refractivity contribution < 1.29 is 19.0 Å². The lowest BCUT2D eigenvalue weighted by atomic mass is 9.97. The molecule has 2 unspecified atom stereocenters. The largest absolute Gasteiger partial charge is 0.496 e. The fourth-order valence-electron chi connectivity index (χ4n) is 3.37. The maximum Gasteiger partial charge on any atom is 0.225 e. The van der Waals surface area contributed by atoms with E-state index in [4.69, 9.17) is 4.74 Å². The smallest absolute Gasteiger partial charge is 0.225 e. The van der Waals surface area contributed by atoms with Gasteiger partial charge in [0.05, 0.1) is 19.6 Å². The molecular weight excluding hydrogens is 321 g/mol. The first kappa shape index (κ1) is 17.4. The molecule has 0 bridgehead atoms. The van der Waals surface area contributed by atoms with E-state index in [0.717, 1.165) is 17.7 Å². The van der Waals surface area contributed by atoms with Gasteiger partial charge in [0.1, 0.15) is 11.6 Å². The number of likely N-dealkylation sites (tertiary alicyclic amines) is 1. The van der Waals surface area contributed by atoms with Gasteiger partial charge in [-0.25, -0.2) is 4.39 Å². The molecule has 0 spiro atoms. The van der Waals surface area contributed by atoms with Crippen LogP contribution in [0.5, 0.6) is 5.75 Å². The molecule has 2 atom stereocenters. The second-order valence-corrected chi connectivity index (χ2v) is 6.34. The first-order valence-electron chi connectivity index (χ1n) is 8.42. The van der Waals surface area contributed by atoms with Crippen LogP contribution in [0.3, 0.4) is 0 Å². The van der Waals surface area contributed by atoms with Gasteiger partial charge in [-0.3, -0.25) is 4.79 Å². The van der Waals surface area contributed by atoms with E-state index in [0.29, 0.717) is 18.7 Å². The number of methoxy groups -OCH3 is 1. The first-order valence-corrected chi connectivity index (χ1v) is 8.42. The molecule has 0 aliphatic carbocycles. The van der Waals surface area contributed by atoms with E-state index in [9.17, 15) is 14.3 Å². The van der Waals surface area contributed by atoms with Crippen molar-refractivity contribution in [2.24, 2.45) is 0 Å². The van der Waals surface area contributed by atoms with Crippen molar-refractivity contribution in [1.82, 2.24) is 4.90 Å². The maximum atomic E-state index is 13.3. The van der Waals surface area contributed by atoms with Gasteiger partial charge in [0.15, 0.2) is 0 Å². The summed E-state index contributed by atoms with van der Waals surface area (Å²) in [6, 6.07) is 13.6. The molecule has 5 heteroatoms. The summed E-state index contributed by atoms with van der Waals surface area (Å²) in [7, 11) is 1.64. The van der Waals surface area contributed by atoms with Crippen LogP contribution in [-0.2, 0) is 4.79 Å². The summed E-state index contributed by atoms with van der Waals surface area (Å²) in [5.74, 6) is 0.531. The topological polar surface area (TPSA) is 49.8 Å². The Labute approximate surface area is 146 Å². The van der Waals surface area contributed by atoms with Crippen LogP contribution in [0.15, 0.2) is 48.5 Å². The second kappa shape index (κ2) is 7.66. The zero-order valence-electron chi connectivity index (χ0n) is 14.2. The number of carbonyl (C=O) groups is 1. The molecule has 1 amide bonds. The fourth-order valence-corrected chi connectivity index (χ4v) is 3.37. The van der Waals surface area contributed by atoms with E-state index in [2.05, 4.69) is 0 Å². The van der Waals surface area contributed by atoms with Crippen LogP contribution in [0.1, 0.15) is 36.0 Å². The lowest BCUT2D eigenvalue weighted by Crippen LogP contribution is -2.29. The average Bonchev–Trinajstić information content (AvgIpc) is 3.11. The van der Waals surface area contributed by atoms with Crippen molar-refractivity contribution in [3.05, 3.63) is 65.5 Å². The van der Waals surface area contributed by atoms with Crippen LogP contribution in [0.4, 0.5) is 4.39 Å². The summed E-state index contributed by atoms with van der Waals surface area (Å²) in [5, 5.41) is 10.2. The molecule has 0 saturated carbocycles. The SMILES string of the molecule is COc1ccccc1C1CCN(C(=O)CC(O)c2cccc(F)c2)C1. The molecule has 1 fully saturated rings. The van der Waals surface area contributed by atoms with Crippen LogP contribution in [0.25, 0.3) is 0 Å². The van der Waals surface area contributed by atoms with Gasteiger partial charge >= 0.3 is 0 Å². The van der Waals surface area contributed by atoms with Gasteiger partial charge in [-0.2, -0.15) is 0 Å². The minimum absolute atomic E-state index is 0.0396. The minimum Gasteiger partial charge on any atom is -0.496 e. The van der Waals surface area contributed by atoms with Gasteiger partial charge in [-0.15, -0.1) is 0 Å². The number of aliphatic hydroxyl groups is 1. The number of halogens is 1. The number of rotatable bonds is 5. The Balaban J connectivity index is 1.63. The molecule has 1 saturated heterocycles. The van der Waals surface area contributed by atoms with Gasteiger partial charge in [0.25, 0.3) is 0 Å². The second-order valence-electron chi connectivity index (χ2n) is 6.34. The fraction of sp³-hybridized carbons (Fsp3) is 0.350. The quantitative estimate of drug-likeness (QED) is 0.906. The third kappa shape index (κ3) is 3.99. The molecule has 2 aromatic rings. The van der Waals surface area contributed by atoms with Crippen molar-refractivity contribution in [2.75, 3.05) is 20.2 Å². The molecule has 2 aromatic carbocycles. The Morgan fingerprint density at radius 3 is 2.88 bits per heavy atom. The molecule has 1 heterocycles. The predicted octanol–water partition coefficient (Wildman–Crippen LogP) is 3.27. The van der Waals surface area contributed by atoms with Crippen LogP contribution < -0.4 is 4.74 Å². The molecule has 4 nitrogen and oxygen atoms in total. The van der Waals surface area contributed by atoms with E-state index in [1.807, 2.05) is 24.3 Å². The number of ether oxygens (including phenoxy) is 1. The molecule has 25 heavy (non-hydrogen) atoms. The predicted molar refractivity (Wildman–Crippen MR) is 92.9 cm³/mol. The average molecular weight is 343 g/mol. The third-order valence-electron chi connectivity index (χ3n) is 4.72. The molecule has 132 valence electrons. The zero-order valence-corrected chi connectivity index (χ0v) is 14.2. The normalized spacial score (nSPS) is 18.2. The number of aliphatic hydroxyl groups excluding tert-OH is 1. The summed E-state index contributed by atoms with van der Waals surface area (Å²) < 4.78 is 18.7. The number of amides is 1. The highest BCUT2D eigenvalue weighted by Gasteiger charge is 2.30. The maximum absolute atomic E-state index is 13.3. The highest BCUT2D eigenvalue weighted by atomic mass is 19.1. The Morgan fingerprint density at radius 1 is 1.32 bits per heavy atom. The van der Waals surface area contributed by atoms with E-state index >= 15 is 0 Å². The first-order chi connectivity index (χ1) is 12.1. The minimum atomic E-state index is -0.992. The Hall–Kier alpha value is -2.40. The van der Waals surface area contributed by atoms with Crippen LogP contribution in [0, 0.1) is 5.82 Å². The van der Waals surface area contributed by atoms with Crippen molar-refractivity contribution in [1.29, 1.82) is 0 Å². The standard InChI is InChI=1S/C20H22FNO3/c1-25-19-8-3-2-7-17(19)15-9-10-22(13-15)20(24)12-18(23)14-5-4-6-16(21)11-14/h2-8,11,15,18,23H,9-10,12-13H2,1H3. The lowest BCUT2D eigenvalue weighted by molar-refractivity contribution is -0.132. The number of hydrogen-bond acceptors (Lipinski definition) is 3.